The van der Waals surface area contributed by atoms with E-state index in [-0.39, 0.29) is 24.3 Å². The maximum atomic E-state index is 12.5. The fourth-order valence-corrected chi connectivity index (χ4v) is 4.39. The van der Waals surface area contributed by atoms with Crippen molar-refractivity contribution in [3.8, 4) is 5.88 Å². The first-order valence-electron chi connectivity index (χ1n) is 9.37. The summed E-state index contributed by atoms with van der Waals surface area (Å²) in [6.07, 6.45) is 11.2. The molecule has 148 valence electrons. The van der Waals surface area contributed by atoms with Crippen molar-refractivity contribution in [2.24, 2.45) is 4.40 Å². The predicted octanol–water partition coefficient (Wildman–Crippen LogP) is 1.52. The normalized spacial score (nSPS) is 20.9. The number of nitrogens with zero attached hydrogens (tertiary/aromatic N) is 3. The molecular formula is C19H22N4O4S. The van der Waals surface area contributed by atoms with Crippen LogP contribution in [0.25, 0.3) is 0 Å². The highest BCUT2D eigenvalue weighted by molar-refractivity contribution is 7.90. The molecule has 8 nitrogen and oxygen atoms in total. The summed E-state index contributed by atoms with van der Waals surface area (Å²) in [4.78, 5) is 18.4. The molecule has 0 spiro atoms. The van der Waals surface area contributed by atoms with Crippen LogP contribution < -0.4 is 10.1 Å². The van der Waals surface area contributed by atoms with Gasteiger partial charge in [-0.25, -0.2) is 13.4 Å². The largest absolute Gasteiger partial charge is 0.474 e. The highest BCUT2D eigenvalue weighted by Gasteiger charge is 2.25. The molecule has 1 amide bonds. The molecule has 1 aliphatic carbocycles. The van der Waals surface area contributed by atoms with Gasteiger partial charge in [0.1, 0.15) is 11.9 Å². The molecule has 2 aliphatic heterocycles. The third kappa shape index (κ3) is 4.41. The molecule has 1 aromatic rings. The lowest BCUT2D eigenvalue weighted by molar-refractivity contribution is -0.117. The molecule has 0 bridgehead atoms. The number of fused-ring (bicyclic) bond motifs is 1. The second kappa shape index (κ2) is 7.75. The van der Waals surface area contributed by atoms with Gasteiger partial charge in [0.15, 0.2) is 0 Å². The fraction of sp³-hybridized carbons (Fsp3) is 0.421. The number of sulfonamides is 1. The van der Waals surface area contributed by atoms with E-state index < -0.39 is 10.0 Å². The first-order valence-corrected chi connectivity index (χ1v) is 11.0. The van der Waals surface area contributed by atoms with E-state index in [1.165, 1.54) is 12.8 Å². The summed E-state index contributed by atoms with van der Waals surface area (Å²) in [6.45, 7) is 0.636. The van der Waals surface area contributed by atoms with Crippen LogP contribution in [0.3, 0.4) is 0 Å². The number of aromatic nitrogens is 1. The number of carbonyl (C=O) groups is 1. The molecule has 0 saturated heterocycles. The Labute approximate surface area is 164 Å². The highest BCUT2D eigenvalue weighted by Crippen LogP contribution is 2.23. The third-order valence-corrected chi connectivity index (χ3v) is 6.09. The van der Waals surface area contributed by atoms with Gasteiger partial charge in [0.2, 0.25) is 5.88 Å². The number of amides is 1. The fourth-order valence-electron chi connectivity index (χ4n) is 3.42. The molecule has 9 heteroatoms. The van der Waals surface area contributed by atoms with E-state index in [2.05, 4.69) is 14.7 Å². The maximum absolute atomic E-state index is 12.5. The first kappa shape index (κ1) is 18.7. The van der Waals surface area contributed by atoms with E-state index in [0.717, 1.165) is 18.4 Å². The van der Waals surface area contributed by atoms with Gasteiger partial charge < -0.3 is 15.0 Å². The number of amidine groups is 1. The number of hydrogen-bond acceptors (Lipinski definition) is 6. The van der Waals surface area contributed by atoms with Gasteiger partial charge >= 0.3 is 0 Å². The average Bonchev–Trinajstić information content (AvgIpc) is 3.18. The van der Waals surface area contributed by atoms with Crippen LogP contribution >= 0.6 is 0 Å². The number of nitrogens with one attached hydrogen (secondary N) is 1. The maximum Gasteiger partial charge on any atom is 0.256 e. The van der Waals surface area contributed by atoms with Crippen LogP contribution in [0.5, 0.6) is 5.88 Å². The highest BCUT2D eigenvalue weighted by atomic mass is 32.2. The van der Waals surface area contributed by atoms with Crippen molar-refractivity contribution in [3.63, 3.8) is 0 Å². The van der Waals surface area contributed by atoms with Gasteiger partial charge in [0.05, 0.1) is 11.3 Å². The van der Waals surface area contributed by atoms with Gasteiger partial charge in [-0.15, -0.1) is 4.40 Å². The molecule has 3 heterocycles. The summed E-state index contributed by atoms with van der Waals surface area (Å²) in [7, 11) is -3.40. The van der Waals surface area contributed by atoms with E-state index in [9.17, 15) is 13.2 Å². The Morgan fingerprint density at radius 1 is 1.29 bits per heavy atom. The van der Waals surface area contributed by atoms with Crippen molar-refractivity contribution in [2.45, 2.75) is 38.3 Å². The van der Waals surface area contributed by atoms with Crippen LogP contribution in [-0.2, 0) is 21.4 Å². The second-order valence-electron chi connectivity index (χ2n) is 7.06. The second-order valence-corrected chi connectivity index (χ2v) is 8.81. The Bertz CT molecular complexity index is 962. The van der Waals surface area contributed by atoms with Crippen LogP contribution in [0.15, 0.2) is 46.7 Å². The quantitative estimate of drug-likeness (QED) is 0.801. The summed E-state index contributed by atoms with van der Waals surface area (Å²) in [5.41, 5.74) is 1.36. The Hall–Kier alpha value is -2.68. The van der Waals surface area contributed by atoms with Crippen LogP contribution in [0.1, 0.15) is 31.2 Å². The SMILES string of the molecule is O=C(NCc1ccnc(OC2CCCC2)c1)C1=CN2CCS(=O)(=O)N=C2C=C1. The monoisotopic (exact) mass is 402 g/mol. The standard InChI is InChI=1S/C19H22N4O4S/c24-19(15-5-6-17-22-28(25,26)10-9-23(17)13-15)21-12-14-7-8-20-18(11-14)27-16-3-1-2-4-16/h5-8,11,13,16H,1-4,9-10,12H2,(H,21,24). The smallest absolute Gasteiger partial charge is 0.256 e. The van der Waals surface area contributed by atoms with Gasteiger partial charge in [0.25, 0.3) is 15.9 Å². The van der Waals surface area contributed by atoms with Gasteiger partial charge in [-0.05, 0) is 49.5 Å². The van der Waals surface area contributed by atoms with Crippen molar-refractivity contribution < 1.29 is 17.9 Å². The lowest BCUT2D eigenvalue weighted by Gasteiger charge is -2.26. The zero-order valence-electron chi connectivity index (χ0n) is 15.4. The number of ether oxygens (including phenoxy) is 1. The molecule has 1 fully saturated rings. The van der Waals surface area contributed by atoms with Crippen molar-refractivity contribution >= 4 is 21.8 Å². The van der Waals surface area contributed by atoms with E-state index in [0.29, 0.717) is 23.8 Å². The molecule has 0 atom stereocenters. The minimum absolute atomic E-state index is 0.0590. The molecule has 4 rings (SSSR count). The Morgan fingerprint density at radius 3 is 2.93 bits per heavy atom. The zero-order valence-corrected chi connectivity index (χ0v) is 16.2. The zero-order chi connectivity index (χ0) is 19.6. The van der Waals surface area contributed by atoms with E-state index in [4.69, 9.17) is 4.74 Å². The van der Waals surface area contributed by atoms with E-state index in [1.54, 1.807) is 29.4 Å². The van der Waals surface area contributed by atoms with Crippen LogP contribution in [0.4, 0.5) is 0 Å². The molecule has 1 N–H and O–H groups in total. The summed E-state index contributed by atoms with van der Waals surface area (Å²) in [5.74, 6) is 0.631. The topological polar surface area (TPSA) is 101 Å². The summed E-state index contributed by atoms with van der Waals surface area (Å²) < 4.78 is 32.7. The average molecular weight is 402 g/mol. The number of rotatable bonds is 5. The summed E-state index contributed by atoms with van der Waals surface area (Å²) in [6, 6.07) is 3.69. The van der Waals surface area contributed by atoms with E-state index in [1.807, 2.05) is 12.1 Å². The molecule has 3 aliphatic rings. The third-order valence-electron chi connectivity index (χ3n) is 4.93. The van der Waals surface area contributed by atoms with E-state index >= 15 is 0 Å². The molecular weight excluding hydrogens is 380 g/mol. The Kier molecular flexibility index (Phi) is 5.17. The van der Waals surface area contributed by atoms with Crippen LogP contribution in [0.2, 0.25) is 0 Å². The number of pyridine rings is 1. The predicted molar refractivity (Wildman–Crippen MR) is 104 cm³/mol. The summed E-state index contributed by atoms with van der Waals surface area (Å²) in [5, 5.41) is 2.87. The Balaban J connectivity index is 1.36. The lowest BCUT2D eigenvalue weighted by atomic mass is 10.1. The van der Waals surface area contributed by atoms with Gasteiger partial charge in [-0.1, -0.05) is 0 Å². The number of hydrogen-bond donors (Lipinski definition) is 1. The van der Waals surface area contributed by atoms with Crippen LogP contribution in [0, 0.1) is 0 Å². The van der Waals surface area contributed by atoms with Gasteiger partial charge in [0, 0.05) is 31.6 Å². The van der Waals surface area contributed by atoms with Crippen molar-refractivity contribution in [1.82, 2.24) is 15.2 Å². The minimum atomic E-state index is -3.40. The molecule has 0 radical (unpaired) electrons. The molecule has 0 aromatic carbocycles. The molecule has 28 heavy (non-hydrogen) atoms. The summed E-state index contributed by atoms with van der Waals surface area (Å²) >= 11 is 0. The van der Waals surface area contributed by atoms with Crippen molar-refractivity contribution in [3.05, 3.63) is 47.8 Å². The van der Waals surface area contributed by atoms with Crippen molar-refractivity contribution in [2.75, 3.05) is 12.3 Å². The number of carbonyl (C=O) groups excluding carboxylic acids is 1. The van der Waals surface area contributed by atoms with Gasteiger partial charge in [-0.2, -0.15) is 0 Å². The molecule has 1 saturated carbocycles. The molecule has 0 unspecified atom stereocenters. The lowest BCUT2D eigenvalue weighted by Crippen LogP contribution is -2.38. The van der Waals surface area contributed by atoms with Crippen molar-refractivity contribution in [1.29, 1.82) is 0 Å². The minimum Gasteiger partial charge on any atom is -0.474 e. The molecule has 1 aromatic heterocycles. The Morgan fingerprint density at radius 2 is 2.11 bits per heavy atom. The van der Waals surface area contributed by atoms with Crippen LogP contribution in [-0.4, -0.2) is 48.4 Å². The first-order chi connectivity index (χ1) is 13.5. The van der Waals surface area contributed by atoms with Gasteiger partial charge in [-0.3, -0.25) is 4.79 Å².